The number of carbonyl (C=O) groups excluding carboxylic acids is 4. The summed E-state index contributed by atoms with van der Waals surface area (Å²) in [6.07, 6.45) is 1.65. The van der Waals surface area contributed by atoms with Crippen molar-refractivity contribution in [1.29, 1.82) is 5.26 Å². The first-order chi connectivity index (χ1) is 22.1. The minimum absolute atomic E-state index is 0.0395. The maximum atomic E-state index is 13.5. The number of non-ortho nitro benzene ring substituents is 1. The van der Waals surface area contributed by atoms with E-state index in [1.165, 1.54) is 38.3 Å². The van der Waals surface area contributed by atoms with E-state index in [1.54, 1.807) is 0 Å². The molecule has 2 aromatic rings. The van der Waals surface area contributed by atoms with Crippen molar-refractivity contribution in [3.63, 3.8) is 0 Å². The van der Waals surface area contributed by atoms with Crippen LogP contribution in [0.15, 0.2) is 65.9 Å². The van der Waals surface area contributed by atoms with Gasteiger partial charge in [-0.05, 0) is 69.1 Å². The highest BCUT2D eigenvalue weighted by Gasteiger charge is 2.44. The molecule has 0 bridgehead atoms. The maximum absolute atomic E-state index is 13.5. The Bertz CT molecular complexity index is 1530. The van der Waals surface area contributed by atoms with Gasteiger partial charge in [-0.3, -0.25) is 14.9 Å². The third kappa shape index (κ3) is 7.32. The summed E-state index contributed by atoms with van der Waals surface area (Å²) in [6.45, 7) is 3.42. The Morgan fingerprint density at radius 2 is 1.80 bits per heavy atom. The highest BCUT2D eigenvalue weighted by molar-refractivity contribution is 6.01. The number of hydrogen-bond donors (Lipinski definition) is 2. The van der Waals surface area contributed by atoms with Gasteiger partial charge in [0.15, 0.2) is 0 Å². The molecule has 1 saturated heterocycles. The van der Waals surface area contributed by atoms with E-state index in [-0.39, 0.29) is 48.1 Å². The number of nitriles is 1. The SMILES string of the molecule is COC(=O)C1(c2ccccc2)CCN(CCCNC(=O)N2C(=O)NC(C)=C(C(=O)OCCC#N)C2c2ccc([N+](=O)[O-])cc2)CC1. The molecule has 4 rings (SSSR count). The maximum Gasteiger partial charge on any atom is 0.338 e. The number of rotatable bonds is 11. The molecule has 0 spiro atoms. The lowest BCUT2D eigenvalue weighted by Gasteiger charge is -2.40. The number of carbonyl (C=O) groups is 4. The molecule has 0 aromatic heterocycles. The molecule has 2 aromatic carbocycles. The Morgan fingerprint density at radius 1 is 1.13 bits per heavy atom. The van der Waals surface area contributed by atoms with E-state index < -0.39 is 34.4 Å². The third-order valence-electron chi connectivity index (χ3n) is 8.29. The van der Waals surface area contributed by atoms with Gasteiger partial charge in [0.1, 0.15) is 12.6 Å². The summed E-state index contributed by atoms with van der Waals surface area (Å²) < 4.78 is 10.4. The second-order valence-electron chi connectivity index (χ2n) is 11.0. The Balaban J connectivity index is 1.43. The van der Waals surface area contributed by atoms with E-state index in [1.807, 2.05) is 36.4 Å². The van der Waals surface area contributed by atoms with Crippen LogP contribution in [0.1, 0.15) is 49.8 Å². The number of methoxy groups -OCH3 is 1. The number of likely N-dealkylation sites (tertiary alicyclic amines) is 1. The van der Waals surface area contributed by atoms with Gasteiger partial charge in [0.2, 0.25) is 0 Å². The summed E-state index contributed by atoms with van der Waals surface area (Å²) in [5.41, 5.74) is 0.403. The average molecular weight is 633 g/mol. The number of benzene rings is 2. The van der Waals surface area contributed by atoms with Gasteiger partial charge in [-0.25, -0.2) is 19.3 Å². The van der Waals surface area contributed by atoms with Crippen molar-refractivity contribution in [3.8, 4) is 6.07 Å². The molecule has 1 fully saturated rings. The number of imide groups is 1. The van der Waals surface area contributed by atoms with Crippen LogP contribution in [0.4, 0.5) is 15.3 Å². The smallest absolute Gasteiger partial charge is 0.338 e. The van der Waals surface area contributed by atoms with Gasteiger partial charge < -0.3 is 25.0 Å². The molecule has 1 atom stereocenters. The number of hydrogen-bond acceptors (Lipinski definition) is 10. The predicted octanol–water partition coefficient (Wildman–Crippen LogP) is 3.70. The van der Waals surface area contributed by atoms with Crippen molar-refractivity contribution in [3.05, 3.63) is 87.1 Å². The van der Waals surface area contributed by atoms with Crippen LogP contribution in [0, 0.1) is 21.4 Å². The van der Waals surface area contributed by atoms with Gasteiger partial charge in [-0.15, -0.1) is 0 Å². The van der Waals surface area contributed by atoms with Crippen LogP contribution in [0.5, 0.6) is 0 Å². The van der Waals surface area contributed by atoms with Crippen molar-refractivity contribution in [1.82, 2.24) is 20.4 Å². The number of amides is 4. The summed E-state index contributed by atoms with van der Waals surface area (Å²) in [7, 11) is 1.40. The van der Waals surface area contributed by atoms with Crippen LogP contribution in [-0.2, 0) is 24.5 Å². The summed E-state index contributed by atoms with van der Waals surface area (Å²) in [4.78, 5) is 66.2. The third-order valence-corrected chi connectivity index (χ3v) is 8.29. The zero-order chi connectivity index (χ0) is 33.3. The lowest BCUT2D eigenvalue weighted by Crippen LogP contribution is -2.54. The summed E-state index contributed by atoms with van der Waals surface area (Å²) >= 11 is 0. The summed E-state index contributed by atoms with van der Waals surface area (Å²) in [5, 5.41) is 25.3. The first kappa shape index (κ1) is 33.6. The lowest BCUT2D eigenvalue weighted by atomic mass is 9.72. The minimum atomic E-state index is -1.24. The molecule has 46 heavy (non-hydrogen) atoms. The fourth-order valence-electron chi connectivity index (χ4n) is 5.88. The quantitative estimate of drug-likeness (QED) is 0.160. The molecular weight excluding hydrogens is 596 g/mol. The molecule has 2 aliphatic rings. The molecule has 14 nitrogen and oxygen atoms in total. The van der Waals surface area contributed by atoms with E-state index in [9.17, 15) is 29.3 Å². The monoisotopic (exact) mass is 632 g/mol. The summed E-state index contributed by atoms with van der Waals surface area (Å²) in [5.74, 6) is -1.09. The second kappa shape index (κ2) is 15.1. The molecule has 0 radical (unpaired) electrons. The summed E-state index contributed by atoms with van der Waals surface area (Å²) in [6, 6.07) is 13.9. The molecule has 1 unspecified atom stereocenters. The van der Waals surface area contributed by atoms with Crippen molar-refractivity contribution in [2.24, 2.45) is 0 Å². The van der Waals surface area contributed by atoms with Crippen LogP contribution >= 0.6 is 0 Å². The standard InChI is InChI=1S/C32H36N6O8/c1-22-26(28(39)46-21-6-16-33)27(23-10-12-25(13-11-23)38(43)44)37(31(42)35-22)30(41)34-17-7-18-36-19-14-32(15-20-36,29(40)45-2)24-8-4-3-5-9-24/h3-5,8-13,27H,6-7,14-15,17-21H2,1-2H3,(H,34,41)(H,35,42). The van der Waals surface area contributed by atoms with Crippen LogP contribution in [-0.4, -0.2) is 78.6 Å². The van der Waals surface area contributed by atoms with E-state index >= 15 is 0 Å². The fourth-order valence-corrected chi connectivity index (χ4v) is 5.88. The second-order valence-corrected chi connectivity index (χ2v) is 11.0. The van der Waals surface area contributed by atoms with E-state index in [0.29, 0.717) is 38.9 Å². The first-order valence-electron chi connectivity index (χ1n) is 14.9. The lowest BCUT2D eigenvalue weighted by molar-refractivity contribution is -0.384. The number of urea groups is 2. The molecule has 0 saturated carbocycles. The van der Waals surface area contributed by atoms with E-state index in [0.717, 1.165) is 10.5 Å². The van der Waals surface area contributed by atoms with Crippen molar-refractivity contribution in [2.45, 2.75) is 44.1 Å². The van der Waals surface area contributed by atoms with Gasteiger partial charge in [-0.1, -0.05) is 30.3 Å². The normalized spacial score (nSPS) is 17.8. The van der Waals surface area contributed by atoms with Crippen LogP contribution < -0.4 is 10.6 Å². The highest BCUT2D eigenvalue weighted by atomic mass is 16.6. The topological polar surface area (TPSA) is 184 Å². The van der Waals surface area contributed by atoms with Crippen molar-refractivity contribution < 1.29 is 33.6 Å². The molecule has 14 heteroatoms. The largest absolute Gasteiger partial charge is 0.468 e. The van der Waals surface area contributed by atoms with Crippen LogP contribution in [0.3, 0.4) is 0 Å². The van der Waals surface area contributed by atoms with Gasteiger partial charge >= 0.3 is 24.0 Å². The molecule has 2 heterocycles. The number of nitro benzene ring substituents is 1. The molecule has 2 N–H and O–H groups in total. The van der Waals surface area contributed by atoms with E-state index in [4.69, 9.17) is 14.7 Å². The molecule has 0 aliphatic carbocycles. The van der Waals surface area contributed by atoms with Crippen molar-refractivity contribution >= 4 is 29.7 Å². The Labute approximate surface area is 266 Å². The Hall–Kier alpha value is -5.29. The number of nitrogens with zero attached hydrogens (tertiary/aromatic N) is 4. The first-order valence-corrected chi connectivity index (χ1v) is 14.9. The van der Waals surface area contributed by atoms with Gasteiger partial charge in [0.05, 0.1) is 35.5 Å². The van der Waals surface area contributed by atoms with Crippen molar-refractivity contribution in [2.75, 3.05) is 39.9 Å². The van der Waals surface area contributed by atoms with Crippen LogP contribution in [0.25, 0.3) is 0 Å². The number of nitrogens with one attached hydrogen (secondary N) is 2. The number of esters is 2. The fraction of sp³-hybridized carbons (Fsp3) is 0.406. The number of piperidine rings is 1. The highest BCUT2D eigenvalue weighted by Crippen LogP contribution is 2.37. The minimum Gasteiger partial charge on any atom is -0.468 e. The molecule has 242 valence electrons. The zero-order valence-electron chi connectivity index (χ0n) is 25.7. The van der Waals surface area contributed by atoms with Crippen LogP contribution in [0.2, 0.25) is 0 Å². The molecular formula is C32H36N6O8. The number of nitro groups is 1. The average Bonchev–Trinajstić information content (AvgIpc) is 3.06. The van der Waals surface area contributed by atoms with Gasteiger partial charge in [0.25, 0.3) is 5.69 Å². The van der Waals surface area contributed by atoms with Gasteiger partial charge in [0, 0.05) is 24.4 Å². The molecule has 4 amide bonds. The van der Waals surface area contributed by atoms with Gasteiger partial charge in [-0.2, -0.15) is 5.26 Å². The Morgan fingerprint density at radius 3 is 2.41 bits per heavy atom. The number of allylic oxidation sites excluding steroid dienone is 1. The predicted molar refractivity (Wildman–Crippen MR) is 164 cm³/mol. The van der Waals surface area contributed by atoms with E-state index in [2.05, 4.69) is 15.5 Å². The zero-order valence-corrected chi connectivity index (χ0v) is 25.7. The molecule has 2 aliphatic heterocycles. The number of ether oxygens (including phenoxy) is 2. The Kier molecular flexibility index (Phi) is 11.1.